The van der Waals surface area contributed by atoms with Gasteiger partial charge in [0, 0.05) is 10.6 Å². The monoisotopic (exact) mass is 686 g/mol. The largest absolute Gasteiger partial charge is 0.487 e. The van der Waals surface area contributed by atoms with Crippen LogP contribution in [0.25, 0.3) is 6.08 Å². The number of benzene rings is 2. The zero-order valence-electron chi connectivity index (χ0n) is 13.6. The van der Waals surface area contributed by atoms with Crippen molar-refractivity contribution < 1.29 is 14.3 Å². The quantitative estimate of drug-likeness (QED) is 0.291. The summed E-state index contributed by atoms with van der Waals surface area (Å²) in [5, 5.41) is 2.57. The molecule has 0 atom stereocenters. The standard InChI is InChI=1S/C18H13I3N2O3/c1-23-17(24)15(22-18(23)25)8-11-6-13(20)16(14(21)7-11)26-9-10-2-4-12(19)5-3-10/h2-8H,9H2,1H3,(H,22,25)/b15-8+. The van der Waals surface area contributed by atoms with Crippen LogP contribution in [0, 0.1) is 10.7 Å². The number of ether oxygens (including phenoxy) is 1. The van der Waals surface area contributed by atoms with Gasteiger partial charge in [0.15, 0.2) is 0 Å². The van der Waals surface area contributed by atoms with Gasteiger partial charge >= 0.3 is 6.03 Å². The first-order valence-corrected chi connectivity index (χ1v) is 10.8. The Morgan fingerprint density at radius 1 is 1.08 bits per heavy atom. The van der Waals surface area contributed by atoms with Gasteiger partial charge in [-0.05, 0) is 109 Å². The maximum absolute atomic E-state index is 12.0. The van der Waals surface area contributed by atoms with E-state index in [0.717, 1.165) is 28.9 Å². The maximum atomic E-state index is 12.0. The number of likely N-dealkylation sites (N-methyl/N-ethyl adjacent to an activating group) is 1. The summed E-state index contributed by atoms with van der Waals surface area (Å²) >= 11 is 6.71. The molecule has 0 aromatic heterocycles. The van der Waals surface area contributed by atoms with Crippen LogP contribution >= 0.6 is 67.8 Å². The molecule has 0 unspecified atom stereocenters. The highest BCUT2D eigenvalue weighted by Gasteiger charge is 2.30. The highest BCUT2D eigenvalue weighted by atomic mass is 127. The Hall–Kier alpha value is -0.890. The zero-order chi connectivity index (χ0) is 18.8. The summed E-state index contributed by atoms with van der Waals surface area (Å²) in [6.07, 6.45) is 1.68. The van der Waals surface area contributed by atoms with Crippen molar-refractivity contribution in [1.82, 2.24) is 10.2 Å². The summed E-state index contributed by atoms with van der Waals surface area (Å²) < 4.78 is 9.06. The first-order chi connectivity index (χ1) is 12.3. The van der Waals surface area contributed by atoms with Crippen LogP contribution in [0.4, 0.5) is 4.79 Å². The van der Waals surface area contributed by atoms with Crippen molar-refractivity contribution in [3.63, 3.8) is 0 Å². The lowest BCUT2D eigenvalue weighted by Crippen LogP contribution is -2.25. The van der Waals surface area contributed by atoms with E-state index in [1.54, 1.807) is 6.08 Å². The second kappa shape index (κ2) is 8.42. The van der Waals surface area contributed by atoms with Gasteiger partial charge in [-0.3, -0.25) is 9.69 Å². The van der Waals surface area contributed by atoms with Crippen molar-refractivity contribution in [1.29, 1.82) is 0 Å². The van der Waals surface area contributed by atoms with E-state index in [0.29, 0.717) is 6.61 Å². The average molecular weight is 686 g/mol. The third-order valence-corrected chi connectivity index (χ3v) is 6.03. The first kappa shape index (κ1) is 19.9. The lowest BCUT2D eigenvalue weighted by Gasteiger charge is -2.12. The zero-order valence-corrected chi connectivity index (χ0v) is 20.0. The summed E-state index contributed by atoms with van der Waals surface area (Å²) in [5.74, 6) is 0.477. The summed E-state index contributed by atoms with van der Waals surface area (Å²) in [4.78, 5) is 24.6. The topological polar surface area (TPSA) is 58.6 Å². The molecule has 2 aromatic carbocycles. The van der Waals surface area contributed by atoms with Gasteiger partial charge in [0.2, 0.25) is 0 Å². The van der Waals surface area contributed by atoms with Crippen LogP contribution in [0.5, 0.6) is 5.75 Å². The third kappa shape index (κ3) is 4.50. The van der Waals surface area contributed by atoms with Crippen molar-refractivity contribution in [2.24, 2.45) is 0 Å². The van der Waals surface area contributed by atoms with Crippen molar-refractivity contribution in [2.45, 2.75) is 6.61 Å². The molecular formula is C18H13I3N2O3. The van der Waals surface area contributed by atoms with Crippen LogP contribution in [0.2, 0.25) is 0 Å². The van der Waals surface area contributed by atoms with Crippen LogP contribution in [0.1, 0.15) is 11.1 Å². The van der Waals surface area contributed by atoms with E-state index in [9.17, 15) is 9.59 Å². The van der Waals surface area contributed by atoms with Gasteiger partial charge in [0.05, 0.1) is 7.14 Å². The molecule has 1 heterocycles. The van der Waals surface area contributed by atoms with Crippen molar-refractivity contribution in [3.05, 3.63) is 63.9 Å². The molecule has 0 bridgehead atoms. The fraction of sp³-hybridized carbons (Fsp3) is 0.111. The third-order valence-electron chi connectivity index (χ3n) is 3.71. The van der Waals surface area contributed by atoms with Gasteiger partial charge < -0.3 is 10.1 Å². The van der Waals surface area contributed by atoms with Crippen LogP contribution in [-0.2, 0) is 11.4 Å². The van der Waals surface area contributed by atoms with Crippen LogP contribution in [-0.4, -0.2) is 23.9 Å². The molecule has 3 amide bonds. The number of halogens is 3. The highest BCUT2D eigenvalue weighted by Crippen LogP contribution is 2.30. The average Bonchev–Trinajstić information content (AvgIpc) is 2.83. The van der Waals surface area contributed by atoms with E-state index in [2.05, 4.69) is 73.1 Å². The Balaban J connectivity index is 1.79. The number of urea groups is 1. The van der Waals surface area contributed by atoms with Gasteiger partial charge in [0.25, 0.3) is 5.91 Å². The molecule has 134 valence electrons. The summed E-state index contributed by atoms with van der Waals surface area (Å²) in [5.41, 5.74) is 2.21. The van der Waals surface area contributed by atoms with Gasteiger partial charge in [-0.2, -0.15) is 0 Å². The number of nitrogens with zero attached hydrogens (tertiary/aromatic N) is 1. The molecule has 0 spiro atoms. The Morgan fingerprint density at radius 3 is 2.23 bits per heavy atom. The minimum absolute atomic E-state index is 0.275. The first-order valence-electron chi connectivity index (χ1n) is 7.52. The number of rotatable bonds is 4. The van der Waals surface area contributed by atoms with Crippen LogP contribution in [0.15, 0.2) is 42.1 Å². The second-order valence-corrected chi connectivity index (χ2v) is 9.15. The summed E-state index contributed by atoms with van der Waals surface area (Å²) in [6.45, 7) is 0.489. The molecule has 3 rings (SSSR count). The molecule has 1 aliphatic rings. The van der Waals surface area contributed by atoms with Crippen LogP contribution in [0.3, 0.4) is 0 Å². The molecule has 0 radical (unpaired) electrons. The van der Waals surface area contributed by atoms with Crippen LogP contribution < -0.4 is 10.1 Å². The van der Waals surface area contributed by atoms with E-state index in [1.807, 2.05) is 36.4 Å². The van der Waals surface area contributed by atoms with E-state index >= 15 is 0 Å². The normalized spacial score (nSPS) is 15.5. The van der Waals surface area contributed by atoms with Crippen molar-refractivity contribution in [3.8, 4) is 5.75 Å². The van der Waals surface area contributed by atoms with Crippen molar-refractivity contribution >= 4 is 85.8 Å². The lowest BCUT2D eigenvalue weighted by atomic mass is 10.2. The van der Waals surface area contributed by atoms with Gasteiger partial charge in [-0.25, -0.2) is 4.79 Å². The number of carbonyl (C=O) groups is 2. The Kier molecular flexibility index (Phi) is 6.43. The Bertz CT molecular complexity index is 887. The Morgan fingerprint density at radius 2 is 1.69 bits per heavy atom. The fourth-order valence-corrected chi connectivity index (χ4v) is 4.81. The molecule has 1 fully saturated rings. The molecular weight excluding hydrogens is 673 g/mol. The van der Waals surface area contributed by atoms with E-state index < -0.39 is 6.03 Å². The molecule has 2 aromatic rings. The number of hydrogen-bond acceptors (Lipinski definition) is 3. The molecule has 1 saturated heterocycles. The lowest BCUT2D eigenvalue weighted by molar-refractivity contribution is -0.121. The molecule has 8 heteroatoms. The Labute approximate surface area is 192 Å². The molecule has 5 nitrogen and oxygen atoms in total. The predicted octanol–water partition coefficient (Wildman–Crippen LogP) is 4.60. The SMILES string of the molecule is CN1C(=O)N/C(=C/c2cc(I)c(OCc3ccc(I)cc3)c(I)c2)C1=O. The number of hydrogen-bond donors (Lipinski definition) is 1. The smallest absolute Gasteiger partial charge is 0.328 e. The number of imide groups is 1. The minimum atomic E-state index is -0.414. The van der Waals surface area contributed by atoms with E-state index in [1.165, 1.54) is 10.6 Å². The van der Waals surface area contributed by atoms with Gasteiger partial charge in [-0.1, -0.05) is 12.1 Å². The molecule has 1 aliphatic heterocycles. The summed E-state index contributed by atoms with van der Waals surface area (Å²) in [6, 6.07) is 11.6. The summed E-state index contributed by atoms with van der Waals surface area (Å²) in [7, 11) is 1.45. The number of nitrogens with one attached hydrogen (secondary N) is 1. The fourth-order valence-electron chi connectivity index (χ4n) is 2.33. The van der Waals surface area contributed by atoms with Gasteiger partial charge in [-0.15, -0.1) is 0 Å². The van der Waals surface area contributed by atoms with E-state index in [4.69, 9.17) is 4.74 Å². The molecule has 26 heavy (non-hydrogen) atoms. The second-order valence-electron chi connectivity index (χ2n) is 5.58. The van der Waals surface area contributed by atoms with Crippen molar-refractivity contribution in [2.75, 3.05) is 7.05 Å². The highest BCUT2D eigenvalue weighted by molar-refractivity contribution is 14.1. The molecule has 1 N–H and O–H groups in total. The number of amides is 3. The maximum Gasteiger partial charge on any atom is 0.328 e. The molecule has 0 saturated carbocycles. The minimum Gasteiger partial charge on any atom is -0.487 e. The van der Waals surface area contributed by atoms with Gasteiger partial charge in [0.1, 0.15) is 18.1 Å². The number of carbonyl (C=O) groups excluding carboxylic acids is 2. The molecule has 0 aliphatic carbocycles. The van der Waals surface area contributed by atoms with E-state index in [-0.39, 0.29) is 11.6 Å². The predicted molar refractivity (Wildman–Crippen MR) is 125 cm³/mol.